The maximum atomic E-state index is 5.03. The maximum Gasteiger partial charge on any atom is 0.118 e. The Hall–Kier alpha value is -1.96. The van der Waals surface area contributed by atoms with Gasteiger partial charge in [0.2, 0.25) is 0 Å². The zero-order chi connectivity index (χ0) is 16.4. The Labute approximate surface area is 144 Å². The van der Waals surface area contributed by atoms with E-state index in [-0.39, 0.29) is 16.5 Å². The number of benzene rings is 2. The molecule has 2 saturated carbocycles. The SMILES string of the molecule is C[C@]1(Cc2ccccc2)[C@]2(C)N=N[C@@]1(c1ccccc1)[C@H]1CC[C@H]12. The van der Waals surface area contributed by atoms with Gasteiger partial charge in [0.15, 0.2) is 0 Å². The van der Waals surface area contributed by atoms with Crippen LogP contribution in [-0.4, -0.2) is 5.54 Å². The number of fused-ring (bicyclic) bond motifs is 5. The van der Waals surface area contributed by atoms with E-state index >= 15 is 0 Å². The Kier molecular flexibility index (Phi) is 2.73. The number of nitrogens with zero attached hydrogens (tertiary/aromatic N) is 2. The number of hydrogen-bond donors (Lipinski definition) is 0. The molecule has 2 fully saturated rings. The Morgan fingerprint density at radius 1 is 0.833 bits per heavy atom. The standard InChI is InChI=1S/C22H24N2/c1-20(15-16-9-5-3-6-10-16)21(2)18-13-14-19(18)22(20,24-23-21)17-11-7-4-8-12-17/h3-12,18-19H,13-15H2,1-2H3/t18-,19+,20+,21-,22+/m1/s1. The number of rotatable bonds is 3. The Morgan fingerprint density at radius 3 is 2.08 bits per heavy atom. The number of hydrogen-bond acceptors (Lipinski definition) is 2. The van der Waals surface area contributed by atoms with E-state index in [4.69, 9.17) is 10.2 Å². The minimum atomic E-state index is -0.151. The predicted octanol–water partition coefficient (Wildman–Crippen LogP) is 5.40. The van der Waals surface area contributed by atoms with Crippen LogP contribution in [0.25, 0.3) is 0 Å². The van der Waals surface area contributed by atoms with Crippen molar-refractivity contribution in [1.82, 2.24) is 0 Å². The van der Waals surface area contributed by atoms with Crippen LogP contribution in [0.4, 0.5) is 0 Å². The first-order valence-corrected chi connectivity index (χ1v) is 9.15. The maximum absolute atomic E-state index is 5.03. The molecule has 2 bridgehead atoms. The van der Waals surface area contributed by atoms with Crippen LogP contribution < -0.4 is 0 Å². The highest BCUT2D eigenvalue weighted by molar-refractivity contribution is 5.42. The summed E-state index contributed by atoms with van der Waals surface area (Å²) in [4.78, 5) is 0. The largest absolute Gasteiger partial charge is 0.186 e. The Morgan fingerprint density at radius 2 is 1.46 bits per heavy atom. The van der Waals surface area contributed by atoms with Crippen LogP contribution in [0, 0.1) is 17.3 Å². The molecule has 0 radical (unpaired) electrons. The van der Waals surface area contributed by atoms with Crippen LogP contribution >= 0.6 is 0 Å². The van der Waals surface area contributed by atoms with Crippen molar-refractivity contribution in [2.75, 3.05) is 0 Å². The molecule has 1 heterocycles. The van der Waals surface area contributed by atoms with E-state index in [1.54, 1.807) is 0 Å². The normalized spacial score (nSPS) is 41.9. The van der Waals surface area contributed by atoms with Crippen molar-refractivity contribution in [3.05, 3.63) is 71.8 Å². The molecule has 0 aromatic heterocycles. The van der Waals surface area contributed by atoms with Gasteiger partial charge < -0.3 is 0 Å². The minimum Gasteiger partial charge on any atom is -0.186 e. The summed E-state index contributed by atoms with van der Waals surface area (Å²) in [6.45, 7) is 4.82. The van der Waals surface area contributed by atoms with Crippen molar-refractivity contribution in [2.24, 2.45) is 27.5 Å². The lowest BCUT2D eigenvalue weighted by atomic mass is 9.60. The van der Waals surface area contributed by atoms with E-state index in [2.05, 4.69) is 74.5 Å². The van der Waals surface area contributed by atoms with Gasteiger partial charge in [0.25, 0.3) is 0 Å². The predicted molar refractivity (Wildman–Crippen MR) is 95.8 cm³/mol. The third-order valence-electron chi connectivity index (χ3n) is 7.52. The molecule has 24 heavy (non-hydrogen) atoms. The quantitative estimate of drug-likeness (QED) is 0.725. The minimum absolute atomic E-state index is 0.0363. The Balaban J connectivity index is 1.70. The van der Waals surface area contributed by atoms with E-state index in [1.165, 1.54) is 24.0 Å². The topological polar surface area (TPSA) is 24.7 Å². The summed E-state index contributed by atoms with van der Waals surface area (Å²) in [7, 11) is 0. The van der Waals surface area contributed by atoms with Gasteiger partial charge in [0.05, 0.1) is 5.54 Å². The monoisotopic (exact) mass is 316 g/mol. The van der Waals surface area contributed by atoms with Gasteiger partial charge in [-0.3, -0.25) is 0 Å². The van der Waals surface area contributed by atoms with Gasteiger partial charge in [0, 0.05) is 5.41 Å². The first kappa shape index (κ1) is 14.4. The molecule has 2 nitrogen and oxygen atoms in total. The Bertz CT molecular complexity index is 799. The van der Waals surface area contributed by atoms with Crippen LogP contribution in [-0.2, 0) is 12.0 Å². The van der Waals surface area contributed by atoms with E-state index in [0.717, 1.165) is 6.42 Å². The van der Waals surface area contributed by atoms with E-state index < -0.39 is 0 Å². The van der Waals surface area contributed by atoms with Crippen molar-refractivity contribution in [2.45, 2.75) is 44.2 Å². The van der Waals surface area contributed by atoms with Crippen LogP contribution in [0.2, 0.25) is 0 Å². The molecule has 0 N–H and O–H groups in total. The third kappa shape index (κ3) is 1.44. The average Bonchev–Trinajstić information content (AvgIpc) is 2.83. The summed E-state index contributed by atoms with van der Waals surface area (Å²) < 4.78 is 0. The van der Waals surface area contributed by atoms with Gasteiger partial charge in [-0.05, 0) is 49.1 Å². The fraction of sp³-hybridized carbons (Fsp3) is 0.455. The molecule has 122 valence electrons. The highest BCUT2D eigenvalue weighted by Crippen LogP contribution is 2.76. The first-order valence-electron chi connectivity index (χ1n) is 9.15. The van der Waals surface area contributed by atoms with Crippen LogP contribution in [0.1, 0.15) is 37.8 Å². The summed E-state index contributed by atoms with van der Waals surface area (Å²) in [6, 6.07) is 21.9. The van der Waals surface area contributed by atoms with Gasteiger partial charge in [-0.2, -0.15) is 10.2 Å². The van der Waals surface area contributed by atoms with Crippen molar-refractivity contribution < 1.29 is 0 Å². The van der Waals surface area contributed by atoms with Gasteiger partial charge in [-0.1, -0.05) is 67.6 Å². The van der Waals surface area contributed by atoms with Crippen molar-refractivity contribution >= 4 is 0 Å². The van der Waals surface area contributed by atoms with Gasteiger partial charge >= 0.3 is 0 Å². The van der Waals surface area contributed by atoms with Crippen LogP contribution in [0.3, 0.4) is 0 Å². The number of azo groups is 1. The van der Waals surface area contributed by atoms with E-state index in [9.17, 15) is 0 Å². The van der Waals surface area contributed by atoms with Crippen molar-refractivity contribution in [3.8, 4) is 0 Å². The second kappa shape index (κ2) is 4.56. The third-order valence-corrected chi connectivity index (χ3v) is 7.52. The molecule has 2 heteroatoms. The lowest BCUT2D eigenvalue weighted by Gasteiger charge is -2.45. The van der Waals surface area contributed by atoms with Crippen LogP contribution in [0.15, 0.2) is 70.9 Å². The molecule has 2 aromatic carbocycles. The fourth-order valence-corrected chi connectivity index (χ4v) is 6.03. The molecule has 0 spiro atoms. The molecule has 0 unspecified atom stereocenters. The second-order valence-electron chi connectivity index (χ2n) is 8.26. The molecule has 0 saturated heterocycles. The summed E-state index contributed by atoms with van der Waals surface area (Å²) in [5.41, 5.74) is 2.61. The van der Waals surface area contributed by atoms with Gasteiger partial charge in [-0.15, -0.1) is 0 Å². The van der Waals surface area contributed by atoms with E-state index in [0.29, 0.717) is 11.8 Å². The van der Waals surface area contributed by atoms with Gasteiger partial charge in [0.1, 0.15) is 5.54 Å². The zero-order valence-corrected chi connectivity index (χ0v) is 14.4. The molecule has 3 aliphatic rings. The smallest absolute Gasteiger partial charge is 0.118 e. The van der Waals surface area contributed by atoms with E-state index in [1.807, 2.05) is 0 Å². The lowest BCUT2D eigenvalue weighted by molar-refractivity contribution is 0.0898. The summed E-state index contributed by atoms with van der Waals surface area (Å²) in [6.07, 6.45) is 3.64. The summed E-state index contributed by atoms with van der Waals surface area (Å²) in [5, 5.41) is 9.98. The summed E-state index contributed by atoms with van der Waals surface area (Å²) in [5.74, 6) is 1.33. The highest BCUT2D eigenvalue weighted by atomic mass is 15.3. The molecule has 2 aromatic rings. The second-order valence-corrected chi connectivity index (χ2v) is 8.26. The first-order chi connectivity index (χ1) is 11.6. The molecule has 0 amide bonds. The fourth-order valence-electron chi connectivity index (χ4n) is 6.03. The zero-order valence-electron chi connectivity index (χ0n) is 14.4. The highest BCUT2D eigenvalue weighted by Gasteiger charge is 2.78. The van der Waals surface area contributed by atoms with Crippen molar-refractivity contribution in [1.29, 1.82) is 0 Å². The summed E-state index contributed by atoms with van der Waals surface area (Å²) >= 11 is 0. The average molecular weight is 316 g/mol. The molecular weight excluding hydrogens is 292 g/mol. The molecule has 1 aliphatic heterocycles. The molecule has 2 aliphatic carbocycles. The lowest BCUT2D eigenvalue weighted by Crippen LogP contribution is -2.47. The van der Waals surface area contributed by atoms with Crippen molar-refractivity contribution in [3.63, 3.8) is 0 Å². The van der Waals surface area contributed by atoms with Crippen LogP contribution in [0.5, 0.6) is 0 Å². The molecule has 5 atom stereocenters. The molecule has 5 rings (SSSR count). The molecular formula is C22H24N2. The van der Waals surface area contributed by atoms with Gasteiger partial charge in [-0.25, -0.2) is 0 Å².